The molecular formula is C27H31N3O5S. The van der Waals surface area contributed by atoms with Gasteiger partial charge in [0.05, 0.1) is 36.3 Å². The molecule has 190 valence electrons. The molecule has 3 rings (SSSR count). The van der Waals surface area contributed by atoms with E-state index in [1.165, 1.54) is 11.4 Å². The maximum atomic E-state index is 12.9. The van der Waals surface area contributed by atoms with Crippen molar-refractivity contribution in [2.75, 3.05) is 29.5 Å². The van der Waals surface area contributed by atoms with Crippen molar-refractivity contribution in [2.45, 2.75) is 25.8 Å². The van der Waals surface area contributed by atoms with E-state index in [4.69, 9.17) is 4.74 Å². The highest BCUT2D eigenvalue weighted by molar-refractivity contribution is 7.92. The van der Waals surface area contributed by atoms with Crippen LogP contribution in [0.25, 0.3) is 0 Å². The third kappa shape index (κ3) is 7.32. The Bertz CT molecular complexity index is 1280. The first-order chi connectivity index (χ1) is 17.2. The number of rotatable bonds is 11. The normalized spacial score (nSPS) is 11.9. The molecule has 1 unspecified atom stereocenters. The summed E-state index contributed by atoms with van der Waals surface area (Å²) in [6.07, 6.45) is 1.51. The molecule has 1 atom stereocenters. The molecule has 9 heteroatoms. The number of sulfonamides is 1. The number of methoxy groups -OCH3 is 1. The predicted molar refractivity (Wildman–Crippen MR) is 142 cm³/mol. The zero-order chi connectivity index (χ0) is 26.1. The Morgan fingerprint density at radius 2 is 1.58 bits per heavy atom. The summed E-state index contributed by atoms with van der Waals surface area (Å²) in [4.78, 5) is 25.6. The molecule has 3 aromatic carbocycles. The number of benzene rings is 3. The van der Waals surface area contributed by atoms with Gasteiger partial charge in [0.15, 0.2) is 0 Å². The molecular weight excluding hydrogens is 478 g/mol. The average Bonchev–Trinajstić information content (AvgIpc) is 2.87. The summed E-state index contributed by atoms with van der Waals surface area (Å²) >= 11 is 0. The van der Waals surface area contributed by atoms with E-state index >= 15 is 0 Å². The van der Waals surface area contributed by atoms with Crippen molar-refractivity contribution < 1.29 is 22.7 Å². The molecule has 36 heavy (non-hydrogen) atoms. The van der Waals surface area contributed by atoms with E-state index in [9.17, 15) is 18.0 Å². The third-order valence-electron chi connectivity index (χ3n) is 5.62. The zero-order valence-electron chi connectivity index (χ0n) is 20.6. The number of hydrogen-bond donors (Lipinski definition) is 2. The molecule has 0 aromatic heterocycles. The second-order valence-corrected chi connectivity index (χ2v) is 10.2. The first kappa shape index (κ1) is 26.7. The van der Waals surface area contributed by atoms with Gasteiger partial charge in [0.2, 0.25) is 15.9 Å². The lowest BCUT2D eigenvalue weighted by molar-refractivity contribution is -0.116. The number of nitrogens with zero attached hydrogens (tertiary/aromatic N) is 1. The van der Waals surface area contributed by atoms with Crippen molar-refractivity contribution in [3.05, 3.63) is 90.0 Å². The van der Waals surface area contributed by atoms with Gasteiger partial charge < -0.3 is 15.4 Å². The maximum absolute atomic E-state index is 12.9. The second-order valence-electron chi connectivity index (χ2n) is 8.34. The minimum Gasteiger partial charge on any atom is -0.497 e. The van der Waals surface area contributed by atoms with E-state index in [0.29, 0.717) is 29.1 Å². The van der Waals surface area contributed by atoms with Crippen LogP contribution in [0.3, 0.4) is 0 Å². The van der Waals surface area contributed by atoms with Crippen LogP contribution in [0, 0.1) is 0 Å². The van der Waals surface area contributed by atoms with Gasteiger partial charge in [-0.2, -0.15) is 0 Å². The Hall–Kier alpha value is -3.85. The summed E-state index contributed by atoms with van der Waals surface area (Å²) in [7, 11) is -2.00. The van der Waals surface area contributed by atoms with Crippen molar-refractivity contribution in [3.63, 3.8) is 0 Å². The van der Waals surface area contributed by atoms with Crippen LogP contribution < -0.4 is 19.7 Å². The molecule has 3 aromatic rings. The van der Waals surface area contributed by atoms with Crippen molar-refractivity contribution in [1.82, 2.24) is 5.32 Å². The molecule has 0 aliphatic carbocycles. The number of para-hydroxylation sites is 1. The quantitative estimate of drug-likeness (QED) is 0.399. The summed E-state index contributed by atoms with van der Waals surface area (Å²) in [6, 6.07) is 22.9. The monoisotopic (exact) mass is 509 g/mol. The minimum atomic E-state index is -3.54. The topological polar surface area (TPSA) is 105 Å². The maximum Gasteiger partial charge on any atom is 0.253 e. The largest absolute Gasteiger partial charge is 0.497 e. The van der Waals surface area contributed by atoms with E-state index in [0.717, 1.165) is 11.8 Å². The van der Waals surface area contributed by atoms with Crippen molar-refractivity contribution >= 4 is 33.2 Å². The molecule has 0 aliphatic heterocycles. The average molecular weight is 510 g/mol. The second kappa shape index (κ2) is 12.2. The molecule has 0 saturated carbocycles. The lowest BCUT2D eigenvalue weighted by Crippen LogP contribution is -2.31. The van der Waals surface area contributed by atoms with Gasteiger partial charge in [0.25, 0.3) is 5.91 Å². The Labute approximate surface area is 212 Å². The first-order valence-electron chi connectivity index (χ1n) is 11.6. The molecule has 0 spiro atoms. The Morgan fingerprint density at radius 3 is 2.22 bits per heavy atom. The van der Waals surface area contributed by atoms with Crippen LogP contribution in [-0.4, -0.2) is 40.1 Å². The fraction of sp³-hybridized carbons (Fsp3) is 0.259. The van der Waals surface area contributed by atoms with Gasteiger partial charge in [0, 0.05) is 13.0 Å². The number of anilines is 2. The van der Waals surface area contributed by atoms with Gasteiger partial charge in [-0.1, -0.05) is 42.5 Å². The Morgan fingerprint density at radius 1 is 0.944 bits per heavy atom. The number of carbonyl (C=O) groups excluding carboxylic acids is 2. The van der Waals surface area contributed by atoms with E-state index in [1.54, 1.807) is 48.5 Å². The molecule has 0 fully saturated rings. The smallest absolute Gasteiger partial charge is 0.253 e. The van der Waals surface area contributed by atoms with Crippen LogP contribution in [0.4, 0.5) is 11.4 Å². The van der Waals surface area contributed by atoms with E-state index in [1.807, 2.05) is 37.3 Å². The summed E-state index contributed by atoms with van der Waals surface area (Å²) in [5.41, 5.74) is 2.22. The van der Waals surface area contributed by atoms with Crippen LogP contribution in [0.15, 0.2) is 78.9 Å². The van der Waals surface area contributed by atoms with Crippen LogP contribution in [0.1, 0.15) is 41.7 Å². The first-order valence-corrected chi connectivity index (χ1v) is 13.4. The fourth-order valence-corrected chi connectivity index (χ4v) is 4.69. The zero-order valence-corrected chi connectivity index (χ0v) is 21.4. The lowest BCUT2D eigenvalue weighted by Gasteiger charge is -2.22. The molecule has 0 radical (unpaired) electrons. The van der Waals surface area contributed by atoms with Crippen LogP contribution in [-0.2, 0) is 14.8 Å². The number of hydrogen-bond acceptors (Lipinski definition) is 5. The minimum absolute atomic E-state index is 0.0819. The fourth-order valence-electron chi connectivity index (χ4n) is 3.72. The summed E-state index contributed by atoms with van der Waals surface area (Å²) in [5.74, 6) is 0.00648. The number of ether oxygens (including phenoxy) is 1. The van der Waals surface area contributed by atoms with E-state index in [2.05, 4.69) is 10.6 Å². The van der Waals surface area contributed by atoms with Gasteiger partial charge in [-0.15, -0.1) is 0 Å². The number of amides is 2. The summed E-state index contributed by atoms with van der Waals surface area (Å²) in [6.45, 7) is 2.03. The standard InChI is InChI=1S/C27H31N3O5S/c1-20(21-10-5-4-6-11-21)28-27(32)24-12-7-8-13-25(24)29-26(31)14-9-19-30(36(3,33)34)22-15-17-23(35-2)18-16-22/h4-8,10-13,15-18,20H,9,14,19H2,1-3H3,(H,28,32)(H,29,31). The van der Waals surface area contributed by atoms with Crippen molar-refractivity contribution in [2.24, 2.45) is 0 Å². The number of nitrogens with one attached hydrogen (secondary N) is 2. The third-order valence-corrected chi connectivity index (χ3v) is 6.81. The van der Waals surface area contributed by atoms with Crippen molar-refractivity contribution in [1.29, 1.82) is 0 Å². The molecule has 0 bridgehead atoms. The predicted octanol–water partition coefficient (Wildman–Crippen LogP) is 4.37. The highest BCUT2D eigenvalue weighted by Gasteiger charge is 2.19. The lowest BCUT2D eigenvalue weighted by atomic mass is 10.1. The molecule has 0 saturated heterocycles. The van der Waals surface area contributed by atoms with Gasteiger partial charge in [-0.3, -0.25) is 13.9 Å². The Kier molecular flexibility index (Phi) is 9.08. The molecule has 8 nitrogen and oxygen atoms in total. The highest BCUT2D eigenvalue weighted by Crippen LogP contribution is 2.22. The van der Waals surface area contributed by atoms with Gasteiger partial charge in [-0.25, -0.2) is 8.42 Å². The molecule has 0 aliphatic rings. The Balaban J connectivity index is 1.61. The van der Waals surface area contributed by atoms with Gasteiger partial charge >= 0.3 is 0 Å². The molecule has 0 heterocycles. The van der Waals surface area contributed by atoms with Crippen LogP contribution >= 0.6 is 0 Å². The number of carbonyl (C=O) groups is 2. The van der Waals surface area contributed by atoms with Gasteiger partial charge in [0.1, 0.15) is 5.75 Å². The SMILES string of the molecule is COc1ccc(N(CCCC(=O)Nc2ccccc2C(=O)NC(C)c2ccccc2)S(C)(=O)=O)cc1. The van der Waals surface area contributed by atoms with E-state index in [-0.39, 0.29) is 30.8 Å². The van der Waals surface area contributed by atoms with Crippen LogP contribution in [0.5, 0.6) is 5.75 Å². The van der Waals surface area contributed by atoms with E-state index < -0.39 is 10.0 Å². The summed E-state index contributed by atoms with van der Waals surface area (Å²) < 4.78 is 31.0. The highest BCUT2D eigenvalue weighted by atomic mass is 32.2. The van der Waals surface area contributed by atoms with Crippen LogP contribution in [0.2, 0.25) is 0 Å². The molecule has 2 N–H and O–H groups in total. The summed E-state index contributed by atoms with van der Waals surface area (Å²) in [5, 5.41) is 5.74. The van der Waals surface area contributed by atoms with Crippen molar-refractivity contribution in [3.8, 4) is 5.75 Å². The van der Waals surface area contributed by atoms with Gasteiger partial charge in [-0.05, 0) is 55.3 Å². The molecule has 2 amide bonds.